The van der Waals surface area contributed by atoms with E-state index in [0.29, 0.717) is 10.9 Å². The molecule has 1 unspecified atom stereocenters. The molecule has 0 saturated carbocycles. The Labute approximate surface area is 170 Å². The van der Waals surface area contributed by atoms with E-state index in [2.05, 4.69) is 31.1 Å². The second kappa shape index (κ2) is 8.15. The molecule has 146 valence electrons. The topological polar surface area (TPSA) is 51.2 Å². The monoisotopic (exact) mass is 394 g/mol. The number of thiazole rings is 1. The molecule has 0 fully saturated rings. The highest BCUT2D eigenvalue weighted by molar-refractivity contribution is 7.16. The predicted molar refractivity (Wildman–Crippen MR) is 116 cm³/mol. The van der Waals surface area contributed by atoms with Gasteiger partial charge in [0.05, 0.1) is 5.69 Å². The second-order valence-electron chi connectivity index (χ2n) is 7.81. The second-order valence-corrected chi connectivity index (χ2v) is 9.02. The number of rotatable bonds is 5. The maximum absolute atomic E-state index is 12.5. The largest absolute Gasteiger partial charge is 0.481 e. The Bertz CT molecular complexity index is 941. The third-order valence-corrected chi connectivity index (χ3v) is 5.36. The molecule has 5 heteroatoms. The first-order valence-electron chi connectivity index (χ1n) is 9.35. The zero-order valence-electron chi connectivity index (χ0n) is 16.9. The van der Waals surface area contributed by atoms with Gasteiger partial charge in [-0.3, -0.25) is 10.1 Å². The SMILES string of the molecule is Cc1sc(NC(=O)C(C)Oc2ccc(C(C)(C)C)cc2)nc1-c1ccccc1. The number of aryl methyl sites for hydroxylation is 1. The zero-order chi connectivity index (χ0) is 20.3. The summed E-state index contributed by atoms with van der Waals surface area (Å²) in [5.41, 5.74) is 3.25. The molecule has 0 aliphatic carbocycles. The summed E-state index contributed by atoms with van der Waals surface area (Å²) in [4.78, 5) is 18.2. The Hall–Kier alpha value is -2.66. The zero-order valence-corrected chi connectivity index (χ0v) is 17.8. The fraction of sp³-hybridized carbons (Fsp3) is 0.304. The van der Waals surface area contributed by atoms with Crippen molar-refractivity contribution >= 4 is 22.4 Å². The van der Waals surface area contributed by atoms with Gasteiger partial charge in [0.15, 0.2) is 11.2 Å². The van der Waals surface area contributed by atoms with Gasteiger partial charge in [-0.25, -0.2) is 4.98 Å². The molecule has 1 aromatic heterocycles. The van der Waals surface area contributed by atoms with E-state index in [-0.39, 0.29) is 11.3 Å². The molecule has 0 saturated heterocycles. The number of hydrogen-bond acceptors (Lipinski definition) is 4. The number of carbonyl (C=O) groups is 1. The summed E-state index contributed by atoms with van der Waals surface area (Å²) < 4.78 is 5.80. The van der Waals surface area contributed by atoms with Crippen molar-refractivity contribution in [2.24, 2.45) is 0 Å². The van der Waals surface area contributed by atoms with E-state index in [1.165, 1.54) is 16.9 Å². The van der Waals surface area contributed by atoms with Crippen LogP contribution in [-0.4, -0.2) is 17.0 Å². The molecule has 3 aromatic rings. The third-order valence-electron chi connectivity index (χ3n) is 4.48. The van der Waals surface area contributed by atoms with Crippen molar-refractivity contribution < 1.29 is 9.53 Å². The van der Waals surface area contributed by atoms with Crippen molar-refractivity contribution in [1.29, 1.82) is 0 Å². The van der Waals surface area contributed by atoms with Gasteiger partial charge in [0.2, 0.25) is 0 Å². The van der Waals surface area contributed by atoms with Gasteiger partial charge in [0.1, 0.15) is 5.75 Å². The minimum atomic E-state index is -0.620. The van der Waals surface area contributed by atoms with Crippen LogP contribution in [0.2, 0.25) is 0 Å². The van der Waals surface area contributed by atoms with E-state index < -0.39 is 6.10 Å². The molecule has 4 nitrogen and oxygen atoms in total. The predicted octanol–water partition coefficient (Wildman–Crippen LogP) is 5.82. The van der Waals surface area contributed by atoms with Crippen molar-refractivity contribution in [2.75, 3.05) is 5.32 Å². The van der Waals surface area contributed by atoms with Crippen LogP contribution in [0.25, 0.3) is 11.3 Å². The molecule has 3 rings (SSSR count). The summed E-state index contributed by atoms with van der Waals surface area (Å²) in [7, 11) is 0. The Balaban J connectivity index is 1.65. The van der Waals surface area contributed by atoms with Crippen molar-refractivity contribution in [2.45, 2.75) is 46.1 Å². The minimum absolute atomic E-state index is 0.0840. The summed E-state index contributed by atoms with van der Waals surface area (Å²) in [6, 6.07) is 17.9. The summed E-state index contributed by atoms with van der Waals surface area (Å²) >= 11 is 1.47. The summed E-state index contributed by atoms with van der Waals surface area (Å²) in [6.45, 7) is 10.2. The van der Waals surface area contributed by atoms with E-state index in [1.54, 1.807) is 6.92 Å². The number of nitrogens with zero attached hydrogens (tertiary/aromatic N) is 1. The molecule has 0 aliphatic rings. The van der Waals surface area contributed by atoms with Crippen LogP contribution >= 0.6 is 11.3 Å². The standard InChI is InChI=1S/C23H26N2O2S/c1-15(27-19-13-11-18(12-14-19)23(3,4)5)21(26)25-22-24-20(16(2)28-22)17-9-7-6-8-10-17/h6-15H,1-5H3,(H,24,25,26). The Morgan fingerprint density at radius 1 is 1.07 bits per heavy atom. The maximum Gasteiger partial charge on any atom is 0.266 e. The highest BCUT2D eigenvalue weighted by atomic mass is 32.1. The highest BCUT2D eigenvalue weighted by Gasteiger charge is 2.19. The summed E-state index contributed by atoms with van der Waals surface area (Å²) in [5.74, 6) is 0.462. The maximum atomic E-state index is 12.5. The number of aromatic nitrogens is 1. The number of amides is 1. The molecular formula is C23H26N2O2S. The lowest BCUT2D eigenvalue weighted by Gasteiger charge is -2.20. The normalized spacial score (nSPS) is 12.5. The van der Waals surface area contributed by atoms with Gasteiger partial charge in [0.25, 0.3) is 5.91 Å². The first kappa shape index (κ1) is 20.1. The fourth-order valence-electron chi connectivity index (χ4n) is 2.81. The number of benzene rings is 2. The highest BCUT2D eigenvalue weighted by Crippen LogP contribution is 2.30. The molecule has 0 spiro atoms. The van der Waals surface area contributed by atoms with Crippen LogP contribution in [0.4, 0.5) is 5.13 Å². The average Bonchev–Trinajstić information content (AvgIpc) is 3.02. The van der Waals surface area contributed by atoms with Crippen LogP contribution in [0.1, 0.15) is 38.1 Å². The van der Waals surface area contributed by atoms with Crippen molar-refractivity contribution in [3.8, 4) is 17.0 Å². The van der Waals surface area contributed by atoms with Crippen LogP contribution in [-0.2, 0) is 10.2 Å². The van der Waals surface area contributed by atoms with Crippen molar-refractivity contribution in [1.82, 2.24) is 4.98 Å². The summed E-state index contributed by atoms with van der Waals surface area (Å²) in [5, 5.41) is 3.46. The van der Waals surface area contributed by atoms with Crippen LogP contribution in [0, 0.1) is 6.92 Å². The van der Waals surface area contributed by atoms with Crippen LogP contribution in [0.5, 0.6) is 5.75 Å². The van der Waals surface area contributed by atoms with Gasteiger partial charge in [0, 0.05) is 10.4 Å². The van der Waals surface area contributed by atoms with Gasteiger partial charge >= 0.3 is 0 Å². The van der Waals surface area contributed by atoms with E-state index in [1.807, 2.05) is 61.5 Å². The van der Waals surface area contributed by atoms with E-state index >= 15 is 0 Å². The fourth-order valence-corrected chi connectivity index (χ4v) is 3.65. The molecule has 1 N–H and O–H groups in total. The van der Waals surface area contributed by atoms with Gasteiger partial charge in [-0.1, -0.05) is 63.2 Å². The van der Waals surface area contributed by atoms with Gasteiger partial charge in [-0.15, -0.1) is 11.3 Å². The quantitative estimate of drug-likeness (QED) is 0.593. The number of ether oxygens (including phenoxy) is 1. The molecule has 2 aromatic carbocycles. The number of hydrogen-bond donors (Lipinski definition) is 1. The van der Waals surface area contributed by atoms with Crippen LogP contribution < -0.4 is 10.1 Å². The number of anilines is 1. The minimum Gasteiger partial charge on any atom is -0.481 e. The molecule has 0 radical (unpaired) electrons. The molecule has 1 heterocycles. The lowest BCUT2D eigenvalue weighted by Crippen LogP contribution is -2.30. The molecular weight excluding hydrogens is 368 g/mol. The smallest absolute Gasteiger partial charge is 0.266 e. The Morgan fingerprint density at radius 3 is 2.32 bits per heavy atom. The lowest BCUT2D eigenvalue weighted by molar-refractivity contribution is -0.122. The third kappa shape index (κ3) is 4.78. The first-order valence-corrected chi connectivity index (χ1v) is 10.2. The molecule has 1 amide bonds. The Kier molecular flexibility index (Phi) is 5.84. The van der Waals surface area contributed by atoms with Crippen molar-refractivity contribution in [3.63, 3.8) is 0 Å². The van der Waals surface area contributed by atoms with E-state index in [0.717, 1.165) is 16.1 Å². The Morgan fingerprint density at radius 2 is 1.71 bits per heavy atom. The number of carbonyl (C=O) groups excluding carboxylic acids is 1. The summed E-state index contributed by atoms with van der Waals surface area (Å²) in [6.07, 6.45) is -0.620. The average molecular weight is 395 g/mol. The van der Waals surface area contributed by atoms with E-state index in [9.17, 15) is 4.79 Å². The molecule has 0 aliphatic heterocycles. The van der Waals surface area contributed by atoms with Crippen LogP contribution in [0.15, 0.2) is 54.6 Å². The molecule has 1 atom stereocenters. The molecule has 28 heavy (non-hydrogen) atoms. The van der Waals surface area contributed by atoms with Gasteiger partial charge < -0.3 is 4.74 Å². The van der Waals surface area contributed by atoms with Gasteiger partial charge in [-0.05, 0) is 37.0 Å². The first-order chi connectivity index (χ1) is 13.2. The van der Waals surface area contributed by atoms with E-state index in [4.69, 9.17) is 4.74 Å². The van der Waals surface area contributed by atoms with Crippen LogP contribution in [0.3, 0.4) is 0 Å². The lowest BCUT2D eigenvalue weighted by atomic mass is 9.87. The molecule has 0 bridgehead atoms. The van der Waals surface area contributed by atoms with Crippen molar-refractivity contribution in [3.05, 3.63) is 65.0 Å². The van der Waals surface area contributed by atoms with Gasteiger partial charge in [-0.2, -0.15) is 0 Å². The number of nitrogens with one attached hydrogen (secondary N) is 1.